The third kappa shape index (κ3) is 5.32. The monoisotopic (exact) mass is 449 g/mol. The van der Waals surface area contributed by atoms with Crippen LogP contribution >= 0.6 is 23.4 Å². The number of halogens is 1. The first kappa shape index (κ1) is 20.3. The van der Waals surface area contributed by atoms with Crippen molar-refractivity contribution in [3.63, 3.8) is 0 Å². The number of nitrogens with zero attached hydrogens (tertiary/aromatic N) is 1. The minimum absolute atomic E-state index is 0.0195. The number of sulfone groups is 1. The number of thioether (sulfide) groups is 1. The van der Waals surface area contributed by atoms with Crippen LogP contribution in [0.4, 0.5) is 5.69 Å². The van der Waals surface area contributed by atoms with Gasteiger partial charge in [0.2, 0.25) is 5.91 Å². The van der Waals surface area contributed by atoms with Gasteiger partial charge < -0.3 is 10.6 Å². The molecule has 0 unspecified atom stereocenters. The smallest absolute Gasteiger partial charge is 0.224 e. The van der Waals surface area contributed by atoms with Crippen LogP contribution < -0.4 is 10.6 Å². The Hall–Kier alpha value is -2.03. The molecule has 2 aliphatic heterocycles. The molecular weight excluding hydrogens is 430 g/mol. The number of amidine groups is 1. The Balaban J connectivity index is 1.27. The summed E-state index contributed by atoms with van der Waals surface area (Å²) in [6.45, 7) is 0.463. The Morgan fingerprint density at radius 1 is 1.07 bits per heavy atom. The van der Waals surface area contributed by atoms with Gasteiger partial charge in [0.25, 0.3) is 0 Å². The highest BCUT2D eigenvalue weighted by Crippen LogP contribution is 2.34. The predicted octanol–water partition coefficient (Wildman–Crippen LogP) is 2.88. The maximum absolute atomic E-state index is 12.2. The highest BCUT2D eigenvalue weighted by Gasteiger charge is 2.42. The molecule has 9 heteroatoms. The minimum Gasteiger partial charge on any atom is -0.352 e. The van der Waals surface area contributed by atoms with Crippen molar-refractivity contribution in [2.75, 3.05) is 16.8 Å². The lowest BCUT2D eigenvalue weighted by atomic mass is 10.1. The fraction of sp³-hybridized carbons (Fsp3) is 0.300. The molecule has 1 amide bonds. The fourth-order valence-corrected chi connectivity index (χ4v) is 7.10. The number of rotatable bonds is 5. The maximum atomic E-state index is 12.2. The normalized spacial score (nSPS) is 22.0. The van der Waals surface area contributed by atoms with Gasteiger partial charge in [0.15, 0.2) is 15.0 Å². The van der Waals surface area contributed by atoms with Gasteiger partial charge in [0, 0.05) is 22.5 Å². The molecule has 2 N–H and O–H groups in total. The summed E-state index contributed by atoms with van der Waals surface area (Å²) in [5.74, 6) is 0.284. The lowest BCUT2D eigenvalue weighted by molar-refractivity contribution is -0.120. The molecule has 0 spiro atoms. The van der Waals surface area contributed by atoms with Crippen molar-refractivity contribution in [1.82, 2.24) is 5.32 Å². The van der Waals surface area contributed by atoms with E-state index in [2.05, 4.69) is 15.6 Å². The Labute approximate surface area is 179 Å². The van der Waals surface area contributed by atoms with E-state index in [-0.39, 0.29) is 28.7 Å². The first-order chi connectivity index (χ1) is 13.9. The molecule has 4 rings (SSSR count). The third-order valence-corrected chi connectivity index (χ3v) is 8.18. The summed E-state index contributed by atoms with van der Waals surface area (Å²) < 4.78 is 23.3. The van der Waals surface area contributed by atoms with E-state index in [1.807, 2.05) is 36.4 Å². The number of amides is 1. The van der Waals surface area contributed by atoms with E-state index in [0.717, 1.165) is 22.0 Å². The Bertz CT molecular complexity index is 1040. The lowest BCUT2D eigenvalue weighted by Gasteiger charge is -2.09. The summed E-state index contributed by atoms with van der Waals surface area (Å²) in [5.41, 5.74) is 2.77. The third-order valence-electron chi connectivity index (χ3n) is 4.79. The molecule has 2 atom stereocenters. The second kappa shape index (κ2) is 8.38. The van der Waals surface area contributed by atoms with Crippen molar-refractivity contribution in [2.24, 2.45) is 4.99 Å². The number of nitrogens with one attached hydrogen (secondary N) is 2. The number of carbonyl (C=O) groups is 1. The van der Waals surface area contributed by atoms with Crippen LogP contribution in [0.5, 0.6) is 0 Å². The van der Waals surface area contributed by atoms with Crippen LogP contribution in [0.3, 0.4) is 0 Å². The van der Waals surface area contributed by atoms with E-state index in [0.29, 0.717) is 18.0 Å². The number of fused-ring (bicyclic) bond motifs is 1. The molecule has 1 saturated heterocycles. The summed E-state index contributed by atoms with van der Waals surface area (Å²) in [5, 5.41) is 7.58. The molecule has 2 aliphatic rings. The molecule has 0 radical (unpaired) electrons. The zero-order chi connectivity index (χ0) is 20.4. The van der Waals surface area contributed by atoms with Crippen molar-refractivity contribution < 1.29 is 13.2 Å². The average Bonchev–Trinajstić information content (AvgIpc) is 3.15. The number of carbonyl (C=O) groups excluding carboxylic acids is 1. The van der Waals surface area contributed by atoms with Crippen LogP contribution in [0.25, 0.3) is 0 Å². The minimum atomic E-state index is -2.94. The summed E-state index contributed by atoms with van der Waals surface area (Å²) in [6, 6.07) is 14.8. The summed E-state index contributed by atoms with van der Waals surface area (Å²) >= 11 is 7.34. The van der Waals surface area contributed by atoms with Crippen LogP contribution in [0.1, 0.15) is 11.1 Å². The molecular formula is C20H20ClN3O3S2. The van der Waals surface area contributed by atoms with Crippen LogP contribution in [0, 0.1) is 0 Å². The zero-order valence-electron chi connectivity index (χ0n) is 15.5. The highest BCUT2D eigenvalue weighted by molar-refractivity contribution is 8.15. The number of hydrogen-bond acceptors (Lipinski definition) is 6. The Morgan fingerprint density at radius 2 is 1.76 bits per heavy atom. The first-order valence-corrected chi connectivity index (χ1v) is 12.3. The van der Waals surface area contributed by atoms with Gasteiger partial charge in [-0.3, -0.25) is 9.79 Å². The molecule has 2 heterocycles. The predicted molar refractivity (Wildman–Crippen MR) is 118 cm³/mol. The Kier molecular flexibility index (Phi) is 5.85. The zero-order valence-corrected chi connectivity index (χ0v) is 17.9. The summed E-state index contributed by atoms with van der Waals surface area (Å²) in [7, 11) is -2.94. The van der Waals surface area contributed by atoms with Crippen LogP contribution in [-0.2, 0) is 27.6 Å². The van der Waals surface area contributed by atoms with Crippen molar-refractivity contribution >= 4 is 50.0 Å². The fourth-order valence-electron chi connectivity index (χ4n) is 3.30. The SMILES string of the molecule is O=C(Cc1ccc(NC2=N[C@@H]3CS(=O)(=O)C[C@@H]3S2)cc1)NCc1ccc(Cl)cc1. The molecule has 1 fully saturated rings. The van der Waals surface area contributed by atoms with Gasteiger partial charge in [-0.1, -0.05) is 47.6 Å². The van der Waals surface area contributed by atoms with Gasteiger partial charge in [-0.15, -0.1) is 0 Å². The highest BCUT2D eigenvalue weighted by atomic mass is 35.5. The van der Waals surface area contributed by atoms with Gasteiger partial charge in [-0.2, -0.15) is 0 Å². The summed E-state index contributed by atoms with van der Waals surface area (Å²) in [4.78, 5) is 16.6. The van der Waals surface area contributed by atoms with E-state index in [4.69, 9.17) is 11.6 Å². The lowest BCUT2D eigenvalue weighted by Crippen LogP contribution is -2.24. The molecule has 2 aromatic carbocycles. The molecule has 0 bridgehead atoms. The molecule has 0 saturated carbocycles. The quantitative estimate of drug-likeness (QED) is 0.732. The van der Waals surface area contributed by atoms with Crippen LogP contribution in [0.15, 0.2) is 53.5 Å². The molecule has 0 aromatic heterocycles. The summed E-state index contributed by atoms with van der Waals surface area (Å²) in [6.07, 6.45) is 0.297. The van der Waals surface area contributed by atoms with Crippen molar-refractivity contribution in [2.45, 2.75) is 24.3 Å². The van der Waals surface area contributed by atoms with Crippen LogP contribution in [-0.4, -0.2) is 42.3 Å². The van der Waals surface area contributed by atoms with Gasteiger partial charge in [0.05, 0.1) is 24.0 Å². The standard InChI is InChI=1S/C20H20ClN3O3S2/c21-15-5-1-14(2-6-15)10-22-19(25)9-13-3-7-16(8-4-13)23-20-24-17-11-29(26,27)12-18(17)28-20/h1-8,17-18H,9-12H2,(H,22,25)(H,23,24)/t17-,18+/m1/s1. The molecule has 29 heavy (non-hydrogen) atoms. The molecule has 2 aromatic rings. The van der Waals surface area contributed by atoms with E-state index in [9.17, 15) is 13.2 Å². The van der Waals surface area contributed by atoms with Crippen molar-refractivity contribution in [3.8, 4) is 0 Å². The molecule has 152 valence electrons. The van der Waals surface area contributed by atoms with Gasteiger partial charge in [0.1, 0.15) is 0 Å². The van der Waals surface area contributed by atoms with E-state index >= 15 is 0 Å². The average molecular weight is 450 g/mol. The maximum Gasteiger partial charge on any atom is 0.224 e. The molecule has 6 nitrogen and oxygen atoms in total. The number of benzene rings is 2. The topological polar surface area (TPSA) is 87.6 Å². The van der Waals surface area contributed by atoms with E-state index in [1.54, 1.807) is 12.1 Å². The Morgan fingerprint density at radius 3 is 2.45 bits per heavy atom. The number of anilines is 1. The largest absolute Gasteiger partial charge is 0.352 e. The van der Waals surface area contributed by atoms with Crippen molar-refractivity contribution in [3.05, 3.63) is 64.7 Å². The van der Waals surface area contributed by atoms with Gasteiger partial charge in [-0.05, 0) is 35.4 Å². The van der Waals surface area contributed by atoms with Gasteiger partial charge in [-0.25, -0.2) is 8.42 Å². The molecule has 0 aliphatic carbocycles. The van der Waals surface area contributed by atoms with Gasteiger partial charge >= 0.3 is 0 Å². The number of hydrogen-bond donors (Lipinski definition) is 2. The first-order valence-electron chi connectivity index (χ1n) is 9.18. The second-order valence-corrected chi connectivity index (χ2v) is 11.0. The number of aliphatic imine (C=N–C) groups is 1. The van der Waals surface area contributed by atoms with Crippen molar-refractivity contribution in [1.29, 1.82) is 0 Å². The second-order valence-electron chi connectivity index (χ2n) is 7.14. The van der Waals surface area contributed by atoms with Crippen LogP contribution in [0.2, 0.25) is 5.02 Å². The van der Waals surface area contributed by atoms with E-state index < -0.39 is 9.84 Å². The van der Waals surface area contributed by atoms with E-state index in [1.165, 1.54) is 11.8 Å².